The summed E-state index contributed by atoms with van der Waals surface area (Å²) in [5, 5.41) is 0.434. The molecule has 0 aliphatic carbocycles. The molecule has 0 unspecified atom stereocenters. The first-order valence-electron chi connectivity index (χ1n) is 20.9. The largest absolute Gasteiger partial charge is 0.497 e. The molecule has 0 aliphatic heterocycles. The fourth-order valence-electron chi connectivity index (χ4n) is 6.41. The van der Waals surface area contributed by atoms with Crippen molar-refractivity contribution in [1.29, 1.82) is 0 Å². The Kier molecular flexibility index (Phi) is 20.5. The van der Waals surface area contributed by atoms with E-state index in [1.165, 1.54) is 0 Å². The van der Waals surface area contributed by atoms with Crippen LogP contribution in [0.2, 0.25) is 54.4 Å². The lowest BCUT2D eigenvalue weighted by molar-refractivity contribution is -0.0726. The van der Waals surface area contributed by atoms with Gasteiger partial charge in [0.25, 0.3) is 0 Å². The third kappa shape index (κ3) is 16.0. The van der Waals surface area contributed by atoms with Gasteiger partial charge in [0.2, 0.25) is 0 Å². The van der Waals surface area contributed by atoms with E-state index in [1.54, 1.807) is 7.11 Å². The van der Waals surface area contributed by atoms with Crippen LogP contribution in [0.15, 0.2) is 34.4 Å². The summed E-state index contributed by atoms with van der Waals surface area (Å²) in [6, 6.07) is 8.27. The fraction of sp³-hybridized carbons (Fsp3) is 0.822. The summed E-state index contributed by atoms with van der Waals surface area (Å²) in [6.45, 7) is 48.5. The third-order valence-corrected chi connectivity index (χ3v) is 27.3. The van der Waals surface area contributed by atoms with Crippen LogP contribution < -0.4 is 4.74 Å². The van der Waals surface area contributed by atoms with Gasteiger partial charge in [-0.05, 0) is 113 Å². The number of ether oxygens (including phenoxy) is 2. The van der Waals surface area contributed by atoms with Crippen LogP contribution in [0.4, 0.5) is 0 Å². The summed E-state index contributed by atoms with van der Waals surface area (Å²) >= 11 is 2.36. The van der Waals surface area contributed by atoms with Crippen LogP contribution in [0, 0.1) is 29.6 Å². The predicted molar refractivity (Wildman–Crippen MR) is 252 cm³/mol. The monoisotopic (exact) mass is 918 g/mol. The normalized spacial score (nSPS) is 18.6. The van der Waals surface area contributed by atoms with E-state index >= 15 is 0 Å². The Hall–Kier alpha value is -0.0194. The van der Waals surface area contributed by atoms with Crippen LogP contribution in [0.5, 0.6) is 5.75 Å². The second-order valence-electron chi connectivity index (χ2n) is 21.4. The first kappa shape index (κ1) is 52.0. The number of methoxy groups -OCH3 is 1. The Balaban J connectivity index is 3.45. The van der Waals surface area contributed by atoms with Crippen LogP contribution >= 0.6 is 22.6 Å². The van der Waals surface area contributed by atoms with Gasteiger partial charge >= 0.3 is 0 Å². The standard InChI is InChI=1S/C45H87IO5Si3/c1-33(30-35(3)41(34(2)28-29-46)51-54(20,21)45(12,13)14)22-27-40(50-53(18,19)44(9,10)11)37(5)42(36(4)31-49-52(16,17)43(6,7)8)48-32-38-23-25-39(47-15)26-24-38/h23-26,28-29,33-37,40-42H,22,27,30-32H2,1-21H3/b29-28-/t33-,34-,35-,36-,37-,40+,41-,42-/m0/s1. The van der Waals surface area contributed by atoms with Gasteiger partial charge in [-0.2, -0.15) is 0 Å². The van der Waals surface area contributed by atoms with E-state index in [0.29, 0.717) is 31.0 Å². The maximum absolute atomic E-state index is 7.43. The molecule has 54 heavy (non-hydrogen) atoms. The molecule has 1 aromatic rings. The van der Waals surface area contributed by atoms with Gasteiger partial charge in [0.15, 0.2) is 25.0 Å². The highest BCUT2D eigenvalue weighted by Crippen LogP contribution is 2.43. The van der Waals surface area contributed by atoms with Crippen molar-refractivity contribution < 1.29 is 22.8 Å². The molecule has 0 N–H and O–H groups in total. The molecule has 1 rings (SSSR count). The van der Waals surface area contributed by atoms with Crippen LogP contribution in [0.25, 0.3) is 0 Å². The minimum Gasteiger partial charge on any atom is -0.497 e. The number of hydrogen-bond acceptors (Lipinski definition) is 5. The molecule has 0 amide bonds. The smallest absolute Gasteiger partial charge is 0.192 e. The van der Waals surface area contributed by atoms with Crippen molar-refractivity contribution in [1.82, 2.24) is 0 Å². The molecule has 0 saturated carbocycles. The molecule has 0 radical (unpaired) electrons. The van der Waals surface area contributed by atoms with Crippen molar-refractivity contribution in [2.75, 3.05) is 13.7 Å². The van der Waals surface area contributed by atoms with Crippen LogP contribution in [0.3, 0.4) is 0 Å². The fourth-order valence-corrected chi connectivity index (χ4v) is 11.1. The van der Waals surface area contributed by atoms with E-state index in [1.807, 2.05) is 12.1 Å². The average molecular weight is 919 g/mol. The van der Waals surface area contributed by atoms with Crippen molar-refractivity contribution in [3.05, 3.63) is 40.0 Å². The van der Waals surface area contributed by atoms with Crippen LogP contribution in [-0.4, -0.2) is 57.0 Å². The molecule has 0 saturated heterocycles. The molecule has 0 heterocycles. The van der Waals surface area contributed by atoms with E-state index in [0.717, 1.165) is 30.6 Å². The van der Waals surface area contributed by atoms with Crippen molar-refractivity contribution in [2.24, 2.45) is 29.6 Å². The van der Waals surface area contributed by atoms with Gasteiger partial charge in [0.05, 0.1) is 32.0 Å². The Morgan fingerprint density at radius 1 is 0.667 bits per heavy atom. The molecule has 5 nitrogen and oxygen atoms in total. The lowest BCUT2D eigenvalue weighted by Crippen LogP contribution is -2.49. The lowest BCUT2D eigenvalue weighted by atomic mass is 9.83. The van der Waals surface area contributed by atoms with Gasteiger partial charge < -0.3 is 22.8 Å². The van der Waals surface area contributed by atoms with E-state index in [-0.39, 0.29) is 45.3 Å². The molecule has 0 bridgehead atoms. The number of halogens is 1. The number of rotatable bonds is 22. The van der Waals surface area contributed by atoms with Crippen LogP contribution in [0.1, 0.15) is 122 Å². The van der Waals surface area contributed by atoms with Gasteiger partial charge in [0.1, 0.15) is 5.75 Å². The first-order valence-corrected chi connectivity index (χ1v) is 30.9. The minimum atomic E-state index is -2.09. The molecule has 316 valence electrons. The molecule has 0 aliphatic rings. The maximum Gasteiger partial charge on any atom is 0.192 e. The number of hydrogen-bond donors (Lipinski definition) is 0. The summed E-state index contributed by atoms with van der Waals surface area (Å²) in [5.74, 6) is 2.60. The van der Waals surface area contributed by atoms with Crippen LogP contribution in [-0.2, 0) is 24.6 Å². The summed E-state index contributed by atoms with van der Waals surface area (Å²) in [5.41, 5.74) is 1.15. The molecule has 0 aromatic heterocycles. The van der Waals surface area contributed by atoms with Gasteiger partial charge in [-0.25, -0.2) is 0 Å². The van der Waals surface area contributed by atoms with E-state index in [2.05, 4.69) is 181 Å². The summed E-state index contributed by atoms with van der Waals surface area (Å²) < 4.78 is 36.1. The SMILES string of the molecule is COc1ccc(CO[C@H]([C@@H](C)[C@@H](CC[C@H](C)C[C@H](C)[C@@H](O[Si](C)(C)C(C)(C)C)[C@@H](C)/C=C\I)O[Si](C)(C)C(C)(C)C)[C@@H](C)CO[Si](C)(C)C(C)(C)C)cc1. The Morgan fingerprint density at radius 2 is 1.17 bits per heavy atom. The predicted octanol–water partition coefficient (Wildman–Crippen LogP) is 14.7. The van der Waals surface area contributed by atoms with Crippen molar-refractivity contribution in [2.45, 2.75) is 196 Å². The molecule has 9 heteroatoms. The van der Waals surface area contributed by atoms with Crippen molar-refractivity contribution in [3.8, 4) is 5.75 Å². The Morgan fingerprint density at radius 3 is 1.63 bits per heavy atom. The average Bonchev–Trinajstić information content (AvgIpc) is 3.03. The first-order chi connectivity index (χ1) is 24.4. The quantitative estimate of drug-likeness (QED) is 0.0857. The maximum atomic E-state index is 7.43. The highest BCUT2D eigenvalue weighted by atomic mass is 127. The van der Waals surface area contributed by atoms with E-state index < -0.39 is 25.0 Å². The van der Waals surface area contributed by atoms with Crippen molar-refractivity contribution in [3.63, 3.8) is 0 Å². The highest BCUT2D eigenvalue weighted by Gasteiger charge is 2.44. The third-order valence-electron chi connectivity index (χ3n) is 13.4. The molecule has 0 spiro atoms. The molecule has 1 aromatic carbocycles. The zero-order valence-electron chi connectivity index (χ0n) is 39.0. The van der Waals surface area contributed by atoms with E-state index in [9.17, 15) is 0 Å². The topological polar surface area (TPSA) is 46.2 Å². The molecular weight excluding hydrogens is 832 g/mol. The summed E-state index contributed by atoms with van der Waals surface area (Å²) in [7, 11) is -4.26. The van der Waals surface area contributed by atoms with Crippen molar-refractivity contribution >= 4 is 47.5 Å². The second kappa shape index (κ2) is 21.3. The summed E-state index contributed by atoms with van der Waals surface area (Å²) in [6.07, 6.45) is 5.84. The van der Waals surface area contributed by atoms with Gasteiger partial charge in [-0.3, -0.25) is 0 Å². The Labute approximate surface area is 352 Å². The number of benzene rings is 1. The highest BCUT2D eigenvalue weighted by molar-refractivity contribution is 14.1. The second-order valence-corrected chi connectivity index (χ2v) is 36.4. The summed E-state index contributed by atoms with van der Waals surface area (Å²) in [4.78, 5) is 0. The molecule has 8 atom stereocenters. The van der Waals surface area contributed by atoms with Gasteiger partial charge in [-0.1, -0.05) is 138 Å². The van der Waals surface area contributed by atoms with Gasteiger partial charge in [0, 0.05) is 18.4 Å². The van der Waals surface area contributed by atoms with E-state index in [4.69, 9.17) is 22.8 Å². The molecule has 0 fully saturated rings. The zero-order valence-corrected chi connectivity index (χ0v) is 44.2. The lowest BCUT2D eigenvalue weighted by Gasteiger charge is -2.44. The zero-order chi connectivity index (χ0) is 42.1. The minimum absolute atomic E-state index is 0.0239. The molecular formula is C45H87IO5Si3. The Bertz CT molecular complexity index is 1250. The van der Waals surface area contributed by atoms with Gasteiger partial charge in [-0.15, -0.1) is 0 Å².